The summed E-state index contributed by atoms with van der Waals surface area (Å²) in [5, 5.41) is 17.6. The zero-order valence-electron chi connectivity index (χ0n) is 16.1. The number of nitrogens with zero attached hydrogens (tertiary/aromatic N) is 3. The van der Waals surface area contributed by atoms with Crippen LogP contribution in [0.15, 0.2) is 48.8 Å². The van der Waals surface area contributed by atoms with Crippen molar-refractivity contribution in [2.75, 3.05) is 17.7 Å². The van der Waals surface area contributed by atoms with Crippen molar-refractivity contribution in [3.05, 3.63) is 75.6 Å². The van der Waals surface area contributed by atoms with Gasteiger partial charge in [0.05, 0.1) is 23.3 Å². The van der Waals surface area contributed by atoms with E-state index in [1.807, 2.05) is 32.0 Å². The molecule has 29 heavy (non-hydrogen) atoms. The Hall–Kier alpha value is -4.01. The maximum atomic E-state index is 12.0. The minimum atomic E-state index is -0.574. The first-order chi connectivity index (χ1) is 13.9. The van der Waals surface area contributed by atoms with Crippen molar-refractivity contribution in [3.8, 4) is 0 Å². The number of aromatic nitrogens is 2. The molecule has 0 amide bonds. The third-order valence-electron chi connectivity index (χ3n) is 4.23. The number of benzene rings is 2. The first-order valence-electron chi connectivity index (χ1n) is 8.68. The van der Waals surface area contributed by atoms with E-state index in [2.05, 4.69) is 20.6 Å². The van der Waals surface area contributed by atoms with Gasteiger partial charge in [0.1, 0.15) is 6.33 Å². The predicted molar refractivity (Wildman–Crippen MR) is 109 cm³/mol. The number of esters is 1. The van der Waals surface area contributed by atoms with E-state index in [9.17, 15) is 14.9 Å². The lowest BCUT2D eigenvalue weighted by Crippen LogP contribution is -2.09. The van der Waals surface area contributed by atoms with E-state index in [4.69, 9.17) is 4.74 Å². The van der Waals surface area contributed by atoms with Gasteiger partial charge in [-0.3, -0.25) is 10.1 Å². The van der Waals surface area contributed by atoms with Gasteiger partial charge in [-0.2, -0.15) is 0 Å². The van der Waals surface area contributed by atoms with Crippen LogP contribution in [0.2, 0.25) is 0 Å². The van der Waals surface area contributed by atoms with Gasteiger partial charge in [0.25, 0.3) is 0 Å². The van der Waals surface area contributed by atoms with E-state index in [1.54, 1.807) is 24.3 Å². The summed E-state index contributed by atoms with van der Waals surface area (Å²) in [5.74, 6) is -0.581. The Morgan fingerprint density at radius 3 is 2.31 bits per heavy atom. The summed E-state index contributed by atoms with van der Waals surface area (Å²) in [7, 11) is 1.26. The summed E-state index contributed by atoms with van der Waals surface area (Å²) in [5.41, 5.74) is 2.91. The number of carbonyl (C=O) groups excluding carboxylic acids is 1. The van der Waals surface area contributed by atoms with E-state index >= 15 is 0 Å². The molecule has 0 aliphatic rings. The maximum Gasteiger partial charge on any atom is 0.353 e. The summed E-state index contributed by atoms with van der Waals surface area (Å²) >= 11 is 0. The van der Waals surface area contributed by atoms with Gasteiger partial charge in [0.2, 0.25) is 11.6 Å². The molecule has 0 atom stereocenters. The van der Waals surface area contributed by atoms with Crippen LogP contribution in [-0.4, -0.2) is 28.0 Å². The zero-order valence-corrected chi connectivity index (χ0v) is 16.1. The minimum absolute atomic E-state index is 0.0370. The second kappa shape index (κ2) is 8.34. The topological polar surface area (TPSA) is 119 Å². The van der Waals surface area contributed by atoms with Gasteiger partial charge in [-0.25, -0.2) is 14.8 Å². The zero-order chi connectivity index (χ0) is 21.0. The number of methoxy groups -OCH3 is 1. The first-order valence-corrected chi connectivity index (χ1v) is 8.68. The van der Waals surface area contributed by atoms with Crippen LogP contribution in [0.3, 0.4) is 0 Å². The molecular formula is C20H19N5O4. The monoisotopic (exact) mass is 393 g/mol. The van der Waals surface area contributed by atoms with Crippen molar-refractivity contribution in [1.82, 2.24) is 9.97 Å². The lowest BCUT2D eigenvalue weighted by molar-refractivity contribution is -0.383. The molecule has 3 aromatic rings. The molecule has 0 bridgehead atoms. The maximum absolute atomic E-state index is 12.0. The van der Waals surface area contributed by atoms with Crippen LogP contribution in [0.4, 0.5) is 28.7 Å². The fourth-order valence-electron chi connectivity index (χ4n) is 2.82. The molecule has 148 valence electrons. The third kappa shape index (κ3) is 4.29. The van der Waals surface area contributed by atoms with Crippen LogP contribution in [0.5, 0.6) is 0 Å². The number of hydrogen-bond acceptors (Lipinski definition) is 8. The van der Waals surface area contributed by atoms with Crippen LogP contribution in [0, 0.1) is 24.0 Å². The molecule has 9 nitrogen and oxygen atoms in total. The van der Waals surface area contributed by atoms with Gasteiger partial charge in [-0.05, 0) is 37.6 Å². The Labute approximate surface area is 166 Å². The second-order valence-corrected chi connectivity index (χ2v) is 6.28. The molecule has 0 radical (unpaired) electrons. The Morgan fingerprint density at radius 2 is 1.69 bits per heavy atom. The van der Waals surface area contributed by atoms with Crippen molar-refractivity contribution >= 4 is 34.7 Å². The fourth-order valence-corrected chi connectivity index (χ4v) is 2.82. The number of aryl methyl sites for hydroxylation is 2. The van der Waals surface area contributed by atoms with Gasteiger partial charge in [-0.15, -0.1) is 0 Å². The normalized spacial score (nSPS) is 10.3. The molecule has 3 rings (SSSR count). The van der Waals surface area contributed by atoms with Crippen LogP contribution < -0.4 is 10.6 Å². The van der Waals surface area contributed by atoms with E-state index in [0.29, 0.717) is 11.4 Å². The lowest BCUT2D eigenvalue weighted by Gasteiger charge is -2.13. The number of rotatable bonds is 6. The standard InChI is InChI=1S/C20H19N5O4/c1-12-8-9-15(13(2)10-12)23-18-17(25(27)28)19(22-11-21-18)24-16-7-5-4-6-14(16)20(26)29-3/h4-11H,1-3H3,(H2,21,22,23,24). The molecule has 0 fully saturated rings. The number of ether oxygens (including phenoxy) is 1. The molecule has 9 heteroatoms. The van der Waals surface area contributed by atoms with Crippen molar-refractivity contribution in [2.45, 2.75) is 13.8 Å². The highest BCUT2D eigenvalue weighted by atomic mass is 16.6. The molecular weight excluding hydrogens is 374 g/mol. The molecule has 1 heterocycles. The van der Waals surface area contributed by atoms with Gasteiger partial charge in [0.15, 0.2) is 0 Å². The number of nitro groups is 1. The van der Waals surface area contributed by atoms with Gasteiger partial charge in [-0.1, -0.05) is 29.8 Å². The molecule has 1 aromatic heterocycles. The Kier molecular flexibility index (Phi) is 5.68. The van der Waals surface area contributed by atoms with Gasteiger partial charge >= 0.3 is 11.7 Å². The summed E-state index contributed by atoms with van der Waals surface area (Å²) < 4.78 is 4.76. The van der Waals surface area contributed by atoms with Crippen LogP contribution >= 0.6 is 0 Å². The van der Waals surface area contributed by atoms with Crippen molar-refractivity contribution < 1.29 is 14.5 Å². The summed E-state index contributed by atoms with van der Waals surface area (Å²) in [6.45, 7) is 3.86. The van der Waals surface area contributed by atoms with Crippen molar-refractivity contribution in [1.29, 1.82) is 0 Å². The molecule has 0 saturated carbocycles. The third-order valence-corrected chi connectivity index (χ3v) is 4.23. The van der Waals surface area contributed by atoms with Crippen molar-refractivity contribution in [3.63, 3.8) is 0 Å². The second-order valence-electron chi connectivity index (χ2n) is 6.28. The average Bonchev–Trinajstić information content (AvgIpc) is 2.70. The van der Waals surface area contributed by atoms with E-state index in [-0.39, 0.29) is 22.9 Å². The van der Waals surface area contributed by atoms with E-state index < -0.39 is 10.9 Å². The highest BCUT2D eigenvalue weighted by Crippen LogP contribution is 2.34. The SMILES string of the molecule is COC(=O)c1ccccc1Nc1ncnc(Nc2ccc(C)cc2C)c1[N+](=O)[O-]. The molecule has 2 N–H and O–H groups in total. The number of carbonyl (C=O) groups is 1. The van der Waals surface area contributed by atoms with Crippen LogP contribution in [0.25, 0.3) is 0 Å². The quantitative estimate of drug-likeness (QED) is 0.362. The molecule has 2 aromatic carbocycles. The average molecular weight is 393 g/mol. The number of para-hydroxylation sites is 1. The lowest BCUT2D eigenvalue weighted by atomic mass is 10.1. The minimum Gasteiger partial charge on any atom is -0.465 e. The number of hydrogen-bond donors (Lipinski definition) is 2. The fraction of sp³-hybridized carbons (Fsp3) is 0.150. The van der Waals surface area contributed by atoms with Crippen molar-refractivity contribution in [2.24, 2.45) is 0 Å². The van der Waals surface area contributed by atoms with Gasteiger partial charge in [0, 0.05) is 5.69 Å². The first kappa shape index (κ1) is 19.7. The highest BCUT2D eigenvalue weighted by Gasteiger charge is 2.25. The highest BCUT2D eigenvalue weighted by molar-refractivity contribution is 5.96. The molecule has 0 saturated heterocycles. The summed E-state index contributed by atoms with van der Waals surface area (Å²) in [6.07, 6.45) is 1.21. The largest absolute Gasteiger partial charge is 0.465 e. The van der Waals surface area contributed by atoms with Gasteiger partial charge < -0.3 is 15.4 Å². The molecule has 0 spiro atoms. The van der Waals surface area contributed by atoms with E-state index in [1.165, 1.54) is 13.4 Å². The number of nitrogens with one attached hydrogen (secondary N) is 2. The Balaban J connectivity index is 2.02. The summed E-state index contributed by atoms with van der Waals surface area (Å²) in [6, 6.07) is 12.2. The number of anilines is 4. The smallest absolute Gasteiger partial charge is 0.353 e. The molecule has 0 aliphatic carbocycles. The van der Waals surface area contributed by atoms with Crippen LogP contribution in [-0.2, 0) is 4.74 Å². The van der Waals surface area contributed by atoms with E-state index in [0.717, 1.165) is 11.1 Å². The Morgan fingerprint density at radius 1 is 1.03 bits per heavy atom. The van der Waals surface area contributed by atoms with Crippen LogP contribution in [0.1, 0.15) is 21.5 Å². The molecule has 0 unspecified atom stereocenters. The Bertz CT molecular complexity index is 1080. The summed E-state index contributed by atoms with van der Waals surface area (Å²) in [4.78, 5) is 31.2. The molecule has 0 aliphatic heterocycles. The predicted octanol–water partition coefficient (Wildman–Crippen LogP) is 4.28.